The first-order valence-electron chi connectivity index (χ1n) is 3.40. The summed E-state index contributed by atoms with van der Waals surface area (Å²) in [6.45, 7) is 0. The summed E-state index contributed by atoms with van der Waals surface area (Å²) in [5, 5.41) is 16.7. The molecule has 0 radical (unpaired) electrons. The second-order valence-corrected chi connectivity index (χ2v) is 4.23. The Morgan fingerprint density at radius 2 is 1.06 bits per heavy atom. The average molecular weight is 350 g/mol. The van der Waals surface area contributed by atoms with Crippen molar-refractivity contribution in [2.45, 2.75) is 0 Å². The van der Waals surface area contributed by atoms with Gasteiger partial charge < -0.3 is 14.7 Å². The van der Waals surface area contributed by atoms with Gasteiger partial charge in [0.15, 0.2) is 0 Å². The number of benzene rings is 1. The van der Waals surface area contributed by atoms with Gasteiger partial charge in [-0.25, -0.2) is 0 Å². The fourth-order valence-electron chi connectivity index (χ4n) is 0.794. The molecule has 3 nitrogen and oxygen atoms in total. The molecule has 0 saturated heterocycles. The zero-order chi connectivity index (χ0) is 11.7. The molecule has 0 bridgehead atoms. The van der Waals surface area contributed by atoms with Gasteiger partial charge in [-0.3, -0.25) is 0 Å². The quantitative estimate of drug-likeness (QED) is 0.490. The van der Waals surface area contributed by atoms with Gasteiger partial charge in [-0.05, 0) is 0 Å². The summed E-state index contributed by atoms with van der Waals surface area (Å²) >= 11 is 28.5. The Morgan fingerprint density at radius 3 is 1.38 bits per heavy atom. The normalized spacial score (nSPS) is 9.69. The summed E-state index contributed by atoms with van der Waals surface area (Å²) in [4.78, 5) is 0. The first-order chi connectivity index (χ1) is 6.86. The van der Waals surface area contributed by atoms with Gasteiger partial charge in [0.05, 0.1) is 15.1 Å². The summed E-state index contributed by atoms with van der Waals surface area (Å²) in [6, 6.07) is 0. The van der Waals surface area contributed by atoms with Crippen LogP contribution in [0.25, 0.3) is 0 Å². The molecule has 16 heavy (non-hydrogen) atoms. The maximum atomic E-state index is 8.60. The Labute approximate surface area is 159 Å². The van der Waals surface area contributed by atoms with Gasteiger partial charge in [0, 0.05) is 0 Å². The van der Waals surface area contributed by atoms with E-state index in [-0.39, 0.29) is 82.2 Å². The van der Waals surface area contributed by atoms with Gasteiger partial charge in [-0.2, -0.15) is 0 Å². The van der Waals surface area contributed by atoms with Crippen LogP contribution >= 0.6 is 58.0 Å². The Hall–Kier alpha value is 2.09. The monoisotopic (exact) mass is 348 g/mol. The molecule has 0 amide bonds. The summed E-state index contributed by atoms with van der Waals surface area (Å²) in [6.07, 6.45) is 0. The fraction of sp³-hybridized carbons (Fsp3) is 0. The Morgan fingerprint density at radius 1 is 0.750 bits per heavy atom. The molecule has 0 saturated carbocycles. The molecule has 1 aromatic rings. The van der Waals surface area contributed by atoms with Crippen molar-refractivity contribution < 1.29 is 14.7 Å². The van der Waals surface area contributed by atoms with Gasteiger partial charge in [-0.1, -0.05) is 58.0 Å². The van der Waals surface area contributed by atoms with E-state index in [9.17, 15) is 0 Å². The molecule has 84 valence electrons. The van der Waals surface area contributed by atoms with E-state index >= 15 is 0 Å². The van der Waals surface area contributed by atoms with Gasteiger partial charge in [0.1, 0.15) is 15.8 Å². The molecule has 1 rings (SSSR count). The third-order valence-electron chi connectivity index (χ3n) is 1.39. The summed E-state index contributed by atoms with van der Waals surface area (Å²) in [5.41, 5.74) is 0. The first-order valence-corrected chi connectivity index (χ1v) is 5.29. The van der Waals surface area contributed by atoms with E-state index < -0.39 is 7.32 Å². The van der Waals surface area contributed by atoms with E-state index in [0.717, 1.165) is 0 Å². The molecule has 0 aliphatic rings. The molecule has 0 aliphatic carbocycles. The van der Waals surface area contributed by atoms with Gasteiger partial charge in [0.2, 0.25) is 0 Å². The Bertz CT molecular complexity index is 373. The van der Waals surface area contributed by atoms with Crippen LogP contribution in [0.15, 0.2) is 0 Å². The standard InChI is InChI=1S/C6H2BCl5O3.K.H/c8-1-2(9)4(11)6(15-7(13)14)5(12)3(1)10;;/h13-14H;;. The molecule has 0 unspecified atom stereocenters. The predicted octanol–water partition coefficient (Wildman–Crippen LogP) is 2.65. The predicted molar refractivity (Wildman–Crippen MR) is 69.5 cm³/mol. The van der Waals surface area contributed by atoms with Gasteiger partial charge in [0.25, 0.3) is 0 Å². The molecule has 0 atom stereocenters. The molecule has 0 spiro atoms. The molecule has 1 aromatic carbocycles. The molecule has 10 heteroatoms. The van der Waals surface area contributed by atoms with Crippen LogP contribution in [0.4, 0.5) is 0 Å². The SMILES string of the molecule is OB(O)Oc1c(Cl)c(Cl)c(Cl)c(Cl)c1Cl.[KH]. The van der Waals surface area contributed by atoms with E-state index in [1.54, 1.807) is 0 Å². The van der Waals surface area contributed by atoms with Crippen molar-refractivity contribution in [3.05, 3.63) is 25.1 Å². The third kappa shape index (κ3) is 4.05. The van der Waals surface area contributed by atoms with E-state index in [4.69, 9.17) is 68.1 Å². The molecular weight excluding hydrogens is 347 g/mol. The zero-order valence-electron chi connectivity index (χ0n) is 6.77. The van der Waals surface area contributed by atoms with Crippen molar-refractivity contribution in [2.75, 3.05) is 0 Å². The van der Waals surface area contributed by atoms with Crippen molar-refractivity contribution in [1.82, 2.24) is 0 Å². The van der Waals surface area contributed by atoms with Crippen LogP contribution in [0.1, 0.15) is 0 Å². The van der Waals surface area contributed by atoms with Crippen molar-refractivity contribution in [1.29, 1.82) is 0 Å². The minimum absolute atomic E-state index is 0. The number of rotatable bonds is 2. The first kappa shape index (κ1) is 18.1. The average Bonchev–Trinajstić information content (AvgIpc) is 2.18. The summed E-state index contributed by atoms with van der Waals surface area (Å²) < 4.78 is 4.51. The molecule has 2 N–H and O–H groups in total. The van der Waals surface area contributed by atoms with Crippen LogP contribution in [0.3, 0.4) is 0 Å². The summed E-state index contributed by atoms with van der Waals surface area (Å²) in [7, 11) is -2.09. The van der Waals surface area contributed by atoms with Crippen molar-refractivity contribution in [2.24, 2.45) is 0 Å². The van der Waals surface area contributed by atoms with Crippen LogP contribution < -0.4 is 4.65 Å². The van der Waals surface area contributed by atoms with E-state index in [1.165, 1.54) is 0 Å². The Kier molecular flexibility index (Phi) is 8.62. The fourth-order valence-corrected chi connectivity index (χ4v) is 2.00. The minimum atomic E-state index is -2.09. The summed E-state index contributed by atoms with van der Waals surface area (Å²) in [5.74, 6) is -0.243. The second kappa shape index (κ2) is 7.62. The molecule has 0 heterocycles. The molecule has 0 fully saturated rings. The molecular formula is C6H3BCl5KO3. The number of hydrogen-bond acceptors (Lipinski definition) is 3. The van der Waals surface area contributed by atoms with Gasteiger partial charge >= 0.3 is 58.7 Å². The van der Waals surface area contributed by atoms with Crippen molar-refractivity contribution >= 4 is 117 Å². The van der Waals surface area contributed by atoms with Crippen LogP contribution in [-0.2, 0) is 0 Å². The van der Waals surface area contributed by atoms with Crippen LogP contribution in [-0.4, -0.2) is 68.8 Å². The van der Waals surface area contributed by atoms with Crippen molar-refractivity contribution in [3.63, 3.8) is 0 Å². The van der Waals surface area contributed by atoms with Gasteiger partial charge in [-0.15, -0.1) is 0 Å². The maximum absolute atomic E-state index is 8.60. The van der Waals surface area contributed by atoms with Crippen molar-refractivity contribution in [3.8, 4) is 5.75 Å². The molecule has 0 aliphatic heterocycles. The zero-order valence-corrected chi connectivity index (χ0v) is 10.5. The third-order valence-corrected chi connectivity index (χ3v) is 3.63. The number of hydrogen-bond donors (Lipinski definition) is 2. The van der Waals surface area contributed by atoms with E-state index in [0.29, 0.717) is 0 Å². The van der Waals surface area contributed by atoms with E-state index in [2.05, 4.69) is 4.65 Å². The second-order valence-electron chi connectivity index (χ2n) is 2.34. The topological polar surface area (TPSA) is 49.7 Å². The van der Waals surface area contributed by atoms with Crippen LogP contribution in [0.5, 0.6) is 5.75 Å². The van der Waals surface area contributed by atoms with E-state index in [1.807, 2.05) is 0 Å². The molecule has 0 aromatic heterocycles. The number of halogens is 5. The van der Waals surface area contributed by atoms with Crippen LogP contribution in [0.2, 0.25) is 25.1 Å². The Balaban J connectivity index is 0.00000225. The van der Waals surface area contributed by atoms with Crippen LogP contribution in [0, 0.1) is 0 Å².